The molecule has 6 nitrogen and oxygen atoms in total. The Morgan fingerprint density at radius 1 is 0.800 bits per heavy atom. The largest absolute Gasteiger partial charge is 0.486 e. The first-order valence-electron chi connectivity index (χ1n) is 12.3. The average molecular weight is 463 g/mol. The van der Waals surface area contributed by atoms with Crippen LogP contribution >= 0.6 is 0 Å². The van der Waals surface area contributed by atoms with E-state index in [2.05, 4.69) is 70.5 Å². The summed E-state index contributed by atoms with van der Waals surface area (Å²) in [5.41, 5.74) is 5.15. The monoisotopic (exact) mass is 462 g/mol. The van der Waals surface area contributed by atoms with Crippen molar-refractivity contribution < 1.29 is 9.47 Å². The van der Waals surface area contributed by atoms with Crippen LogP contribution in [-0.4, -0.2) is 40.8 Å². The van der Waals surface area contributed by atoms with Gasteiger partial charge in [0.1, 0.15) is 24.6 Å². The van der Waals surface area contributed by atoms with Crippen LogP contribution in [0.25, 0.3) is 44.5 Å². The SMILES string of the molecule is c1ccc2cc(-c3ccnc4c3nc(-c3ccc5c(c3)OCCO5)n4C3CCNCC3)ccc2c1. The van der Waals surface area contributed by atoms with Gasteiger partial charge < -0.3 is 19.4 Å². The average Bonchev–Trinajstić information content (AvgIpc) is 3.33. The number of hydrogen-bond acceptors (Lipinski definition) is 5. The minimum atomic E-state index is 0.337. The summed E-state index contributed by atoms with van der Waals surface area (Å²) in [6.07, 6.45) is 4.01. The van der Waals surface area contributed by atoms with Gasteiger partial charge in [-0.3, -0.25) is 0 Å². The molecule has 0 radical (unpaired) electrons. The number of ether oxygens (including phenoxy) is 2. The summed E-state index contributed by atoms with van der Waals surface area (Å²) in [5.74, 6) is 2.50. The molecule has 1 saturated heterocycles. The maximum absolute atomic E-state index is 5.89. The van der Waals surface area contributed by atoms with E-state index in [1.165, 1.54) is 10.8 Å². The van der Waals surface area contributed by atoms with Gasteiger partial charge in [-0.1, -0.05) is 36.4 Å². The Morgan fingerprint density at radius 3 is 2.49 bits per heavy atom. The molecule has 4 heterocycles. The highest BCUT2D eigenvalue weighted by atomic mass is 16.6. The predicted octanol–water partition coefficient (Wildman–Crippen LogP) is 5.61. The maximum Gasteiger partial charge on any atom is 0.162 e. The van der Waals surface area contributed by atoms with E-state index >= 15 is 0 Å². The summed E-state index contributed by atoms with van der Waals surface area (Å²) in [6, 6.07) is 23.6. The summed E-state index contributed by atoms with van der Waals surface area (Å²) >= 11 is 0. The van der Waals surface area contributed by atoms with Gasteiger partial charge in [-0.2, -0.15) is 0 Å². The van der Waals surface area contributed by atoms with E-state index in [0.29, 0.717) is 19.3 Å². The molecular formula is C29H26N4O2. The molecule has 3 aromatic carbocycles. The van der Waals surface area contributed by atoms with Gasteiger partial charge in [0.2, 0.25) is 0 Å². The van der Waals surface area contributed by atoms with Gasteiger partial charge in [0, 0.05) is 23.4 Å². The third-order valence-corrected chi connectivity index (χ3v) is 7.11. The Morgan fingerprint density at radius 2 is 1.60 bits per heavy atom. The molecule has 0 unspecified atom stereocenters. The highest BCUT2D eigenvalue weighted by Crippen LogP contribution is 2.39. The molecule has 174 valence electrons. The van der Waals surface area contributed by atoms with Crippen molar-refractivity contribution in [3.63, 3.8) is 0 Å². The summed E-state index contributed by atoms with van der Waals surface area (Å²) in [6.45, 7) is 3.14. The van der Waals surface area contributed by atoms with Crippen molar-refractivity contribution in [1.82, 2.24) is 19.9 Å². The van der Waals surface area contributed by atoms with Crippen molar-refractivity contribution in [2.45, 2.75) is 18.9 Å². The van der Waals surface area contributed by atoms with Gasteiger partial charge in [0.05, 0.1) is 0 Å². The zero-order valence-corrected chi connectivity index (χ0v) is 19.4. The van der Waals surface area contributed by atoms with Crippen LogP contribution in [0, 0.1) is 0 Å². The number of piperidine rings is 1. The summed E-state index contributed by atoms with van der Waals surface area (Å²) in [4.78, 5) is 10.1. The van der Waals surface area contributed by atoms with Crippen LogP contribution in [0.3, 0.4) is 0 Å². The highest BCUT2D eigenvalue weighted by Gasteiger charge is 2.25. The Labute approximate surface area is 203 Å². The molecule has 5 aromatic rings. The lowest BCUT2D eigenvalue weighted by atomic mass is 10.0. The number of hydrogen-bond donors (Lipinski definition) is 1. The van der Waals surface area contributed by atoms with Crippen LogP contribution in [0.1, 0.15) is 18.9 Å². The molecule has 2 aliphatic heterocycles. The van der Waals surface area contributed by atoms with E-state index in [0.717, 1.165) is 71.1 Å². The van der Waals surface area contributed by atoms with Gasteiger partial charge in [-0.05, 0) is 72.6 Å². The molecular weight excluding hydrogens is 436 g/mol. The van der Waals surface area contributed by atoms with E-state index < -0.39 is 0 Å². The molecule has 1 N–H and O–H groups in total. The molecule has 7 rings (SSSR count). The molecule has 0 atom stereocenters. The Kier molecular flexibility index (Phi) is 4.91. The van der Waals surface area contributed by atoms with Crippen LogP contribution in [0.4, 0.5) is 0 Å². The maximum atomic E-state index is 5.89. The fourth-order valence-electron chi connectivity index (χ4n) is 5.38. The molecule has 6 heteroatoms. The fraction of sp³-hybridized carbons (Fsp3) is 0.241. The first kappa shape index (κ1) is 20.5. The van der Waals surface area contributed by atoms with E-state index in [4.69, 9.17) is 19.4 Å². The quantitative estimate of drug-likeness (QED) is 0.377. The first-order valence-corrected chi connectivity index (χ1v) is 12.3. The fourth-order valence-corrected chi connectivity index (χ4v) is 5.38. The van der Waals surface area contributed by atoms with Crippen molar-refractivity contribution in [2.24, 2.45) is 0 Å². The Hall–Kier alpha value is -3.90. The van der Waals surface area contributed by atoms with Crippen molar-refractivity contribution in [2.75, 3.05) is 26.3 Å². The van der Waals surface area contributed by atoms with Crippen LogP contribution in [0.15, 0.2) is 72.9 Å². The van der Waals surface area contributed by atoms with Crippen LogP contribution in [0.5, 0.6) is 11.5 Å². The smallest absolute Gasteiger partial charge is 0.162 e. The summed E-state index contributed by atoms with van der Waals surface area (Å²) < 4.78 is 14.0. The molecule has 2 aromatic heterocycles. The minimum Gasteiger partial charge on any atom is -0.486 e. The second kappa shape index (κ2) is 8.40. The normalized spacial score (nSPS) is 16.1. The van der Waals surface area contributed by atoms with Crippen LogP contribution in [-0.2, 0) is 0 Å². The lowest BCUT2D eigenvalue weighted by Gasteiger charge is -2.26. The minimum absolute atomic E-state index is 0.337. The van der Waals surface area contributed by atoms with Crippen molar-refractivity contribution in [3.05, 3.63) is 72.9 Å². The summed E-state index contributed by atoms with van der Waals surface area (Å²) in [5, 5.41) is 5.95. The van der Waals surface area contributed by atoms with Gasteiger partial charge in [0.25, 0.3) is 0 Å². The van der Waals surface area contributed by atoms with E-state index in [9.17, 15) is 0 Å². The van der Waals surface area contributed by atoms with Gasteiger partial charge in [0.15, 0.2) is 17.1 Å². The first-order chi connectivity index (χ1) is 17.3. The number of rotatable bonds is 3. The highest BCUT2D eigenvalue weighted by molar-refractivity contribution is 5.95. The number of nitrogens with zero attached hydrogens (tertiary/aromatic N) is 3. The standard InChI is InChI=1S/C29H26N4O2/c1-2-4-20-17-21(6-5-19(20)3-1)24-11-14-31-29-27(24)32-28(33(29)23-9-12-30-13-10-23)22-7-8-25-26(18-22)35-16-15-34-25/h1-8,11,14,17-18,23,30H,9-10,12-13,15-16H2. The van der Waals surface area contributed by atoms with E-state index in [-0.39, 0.29) is 0 Å². The number of nitrogens with one attached hydrogen (secondary N) is 1. The topological polar surface area (TPSA) is 61.2 Å². The predicted molar refractivity (Wildman–Crippen MR) is 138 cm³/mol. The summed E-state index contributed by atoms with van der Waals surface area (Å²) in [7, 11) is 0. The van der Waals surface area contributed by atoms with Crippen molar-refractivity contribution in [1.29, 1.82) is 0 Å². The third kappa shape index (κ3) is 3.53. The lowest BCUT2D eigenvalue weighted by Crippen LogP contribution is -2.29. The van der Waals surface area contributed by atoms with Crippen molar-refractivity contribution in [3.8, 4) is 34.0 Å². The number of pyridine rings is 1. The number of benzene rings is 3. The molecule has 1 fully saturated rings. The van der Waals surface area contributed by atoms with E-state index in [1.807, 2.05) is 12.3 Å². The third-order valence-electron chi connectivity index (χ3n) is 7.11. The Bertz CT molecular complexity index is 1550. The van der Waals surface area contributed by atoms with Gasteiger partial charge >= 0.3 is 0 Å². The molecule has 0 amide bonds. The number of aromatic nitrogens is 3. The molecule has 0 spiro atoms. The Balaban J connectivity index is 1.44. The van der Waals surface area contributed by atoms with Gasteiger partial charge in [-0.25, -0.2) is 9.97 Å². The molecule has 0 bridgehead atoms. The zero-order chi connectivity index (χ0) is 23.2. The molecule has 0 saturated carbocycles. The number of fused-ring (bicyclic) bond motifs is 3. The molecule has 0 aliphatic carbocycles. The second-order valence-corrected chi connectivity index (χ2v) is 9.24. The molecule has 35 heavy (non-hydrogen) atoms. The van der Waals surface area contributed by atoms with Crippen LogP contribution in [0.2, 0.25) is 0 Å². The van der Waals surface area contributed by atoms with Gasteiger partial charge in [-0.15, -0.1) is 0 Å². The lowest BCUT2D eigenvalue weighted by molar-refractivity contribution is 0.171. The van der Waals surface area contributed by atoms with Crippen LogP contribution < -0.4 is 14.8 Å². The second-order valence-electron chi connectivity index (χ2n) is 9.24. The number of imidazole rings is 1. The van der Waals surface area contributed by atoms with E-state index in [1.54, 1.807) is 0 Å². The zero-order valence-electron chi connectivity index (χ0n) is 19.4. The van der Waals surface area contributed by atoms with Crippen molar-refractivity contribution >= 4 is 21.9 Å². The molecule has 2 aliphatic rings.